The Morgan fingerprint density at radius 2 is 1.83 bits per heavy atom. The molecule has 0 atom stereocenters. The number of amides is 2. The summed E-state index contributed by atoms with van der Waals surface area (Å²) in [5, 5.41) is 1.94. The van der Waals surface area contributed by atoms with Crippen molar-refractivity contribution in [1.29, 1.82) is 0 Å². The Balaban J connectivity index is 1.91. The predicted molar refractivity (Wildman–Crippen MR) is 121 cm³/mol. The van der Waals surface area contributed by atoms with Gasteiger partial charge < -0.3 is 25.3 Å². The topological polar surface area (TPSA) is 113 Å². The maximum Gasteiger partial charge on any atom is 0.397 e. The standard InChI is InChI=1S/C23H19ClF3N3O5/c1-3-23(26,27)35-13-5-8-16(18(10-13)33-2)34-17-9-6-14(25)20(24)19(17)22(32)30-12-4-7-15(21(28)31)29-11-12/h4-11H,3H2,1-2H3,(H2,28,31)(H,30,32). The molecule has 1 heterocycles. The summed E-state index contributed by atoms with van der Waals surface area (Å²) < 4.78 is 56.9. The molecular weight excluding hydrogens is 491 g/mol. The molecule has 0 aliphatic carbocycles. The first-order chi connectivity index (χ1) is 16.5. The normalized spacial score (nSPS) is 11.0. The highest BCUT2D eigenvalue weighted by atomic mass is 35.5. The van der Waals surface area contributed by atoms with Crippen molar-refractivity contribution in [2.75, 3.05) is 12.4 Å². The summed E-state index contributed by atoms with van der Waals surface area (Å²) in [6.07, 6.45) is -2.74. The highest BCUT2D eigenvalue weighted by Crippen LogP contribution is 2.39. The van der Waals surface area contributed by atoms with E-state index < -0.39 is 35.2 Å². The van der Waals surface area contributed by atoms with Crippen LogP contribution in [0.15, 0.2) is 48.7 Å². The highest BCUT2D eigenvalue weighted by Gasteiger charge is 2.29. The molecule has 2 amide bonds. The Labute approximate surface area is 202 Å². The van der Waals surface area contributed by atoms with E-state index >= 15 is 0 Å². The Bertz CT molecular complexity index is 1260. The summed E-state index contributed by atoms with van der Waals surface area (Å²) in [5.74, 6) is -2.79. The second-order valence-corrected chi connectivity index (χ2v) is 7.37. The average Bonchev–Trinajstić information content (AvgIpc) is 2.82. The number of primary amides is 1. The molecule has 12 heteroatoms. The number of nitrogens with two attached hydrogens (primary N) is 1. The fraction of sp³-hybridized carbons (Fsp3) is 0.174. The Hall–Kier alpha value is -3.99. The van der Waals surface area contributed by atoms with Crippen LogP contribution in [0.3, 0.4) is 0 Å². The van der Waals surface area contributed by atoms with Crippen molar-refractivity contribution in [2.45, 2.75) is 19.5 Å². The first-order valence-corrected chi connectivity index (χ1v) is 10.4. The molecule has 0 aliphatic rings. The van der Waals surface area contributed by atoms with Crippen molar-refractivity contribution >= 4 is 29.1 Å². The van der Waals surface area contributed by atoms with Crippen LogP contribution in [0.4, 0.5) is 18.9 Å². The predicted octanol–water partition coefficient (Wildman–Crippen LogP) is 5.41. The molecule has 3 rings (SSSR count). The number of carbonyl (C=O) groups is 2. The van der Waals surface area contributed by atoms with Crippen LogP contribution in [0.2, 0.25) is 5.02 Å². The molecule has 0 fully saturated rings. The van der Waals surface area contributed by atoms with Crippen molar-refractivity contribution in [1.82, 2.24) is 4.98 Å². The summed E-state index contributed by atoms with van der Waals surface area (Å²) in [5.41, 5.74) is 4.93. The van der Waals surface area contributed by atoms with Crippen LogP contribution in [-0.4, -0.2) is 30.0 Å². The number of nitrogens with one attached hydrogen (secondary N) is 1. The van der Waals surface area contributed by atoms with E-state index in [0.29, 0.717) is 0 Å². The van der Waals surface area contributed by atoms with Crippen LogP contribution in [0.5, 0.6) is 23.0 Å². The van der Waals surface area contributed by atoms with E-state index in [0.717, 1.165) is 6.07 Å². The number of methoxy groups -OCH3 is 1. The molecule has 0 radical (unpaired) electrons. The molecule has 8 nitrogen and oxygen atoms in total. The number of alkyl halides is 2. The van der Waals surface area contributed by atoms with Crippen molar-refractivity contribution in [3.8, 4) is 23.0 Å². The summed E-state index contributed by atoms with van der Waals surface area (Å²) in [6, 6.07) is 8.49. The minimum absolute atomic E-state index is 0.00690. The van der Waals surface area contributed by atoms with Gasteiger partial charge in [-0.05, 0) is 36.4 Å². The lowest BCUT2D eigenvalue weighted by Gasteiger charge is -2.18. The van der Waals surface area contributed by atoms with Crippen LogP contribution in [0.1, 0.15) is 34.2 Å². The Kier molecular flexibility index (Phi) is 7.70. The number of hydrogen-bond donors (Lipinski definition) is 2. The molecule has 0 bridgehead atoms. The monoisotopic (exact) mass is 509 g/mol. The molecule has 184 valence electrons. The van der Waals surface area contributed by atoms with Gasteiger partial charge in [-0.1, -0.05) is 18.5 Å². The van der Waals surface area contributed by atoms with E-state index in [1.165, 1.54) is 56.6 Å². The molecule has 3 aromatic rings. The third-order valence-electron chi connectivity index (χ3n) is 4.59. The van der Waals surface area contributed by atoms with E-state index in [1.807, 2.05) is 0 Å². The minimum atomic E-state index is -3.38. The SMILES string of the molecule is CCC(F)(F)Oc1ccc(Oc2ccc(F)c(Cl)c2C(=O)Nc2ccc(C(N)=O)nc2)c(OC)c1. The second-order valence-electron chi connectivity index (χ2n) is 6.99. The van der Waals surface area contributed by atoms with Crippen LogP contribution in [-0.2, 0) is 0 Å². The lowest BCUT2D eigenvalue weighted by atomic mass is 10.1. The lowest BCUT2D eigenvalue weighted by Crippen LogP contribution is -2.23. The molecule has 0 saturated carbocycles. The Morgan fingerprint density at radius 3 is 2.43 bits per heavy atom. The number of rotatable bonds is 9. The minimum Gasteiger partial charge on any atom is -0.493 e. The molecular formula is C23H19ClF3N3O5. The van der Waals surface area contributed by atoms with E-state index in [9.17, 15) is 22.8 Å². The molecule has 35 heavy (non-hydrogen) atoms. The maximum absolute atomic E-state index is 14.2. The summed E-state index contributed by atoms with van der Waals surface area (Å²) in [6.45, 7) is 1.27. The number of hydrogen-bond acceptors (Lipinski definition) is 6. The van der Waals surface area contributed by atoms with Gasteiger partial charge >= 0.3 is 6.11 Å². The van der Waals surface area contributed by atoms with Gasteiger partial charge in [0.05, 0.1) is 24.0 Å². The summed E-state index contributed by atoms with van der Waals surface area (Å²) in [4.78, 5) is 27.9. The highest BCUT2D eigenvalue weighted by molar-refractivity contribution is 6.35. The quantitative estimate of drug-likeness (QED) is 0.399. The first-order valence-electron chi connectivity index (χ1n) is 10.0. The van der Waals surface area contributed by atoms with Gasteiger partial charge in [0.1, 0.15) is 28.6 Å². The van der Waals surface area contributed by atoms with Gasteiger partial charge in [0, 0.05) is 12.5 Å². The zero-order chi connectivity index (χ0) is 25.8. The van der Waals surface area contributed by atoms with Crippen LogP contribution >= 0.6 is 11.6 Å². The van der Waals surface area contributed by atoms with Crippen LogP contribution in [0, 0.1) is 5.82 Å². The zero-order valence-electron chi connectivity index (χ0n) is 18.4. The van der Waals surface area contributed by atoms with E-state index in [2.05, 4.69) is 15.0 Å². The van der Waals surface area contributed by atoms with E-state index in [4.69, 9.17) is 26.8 Å². The molecule has 1 aromatic heterocycles. The molecule has 0 saturated heterocycles. The number of aromatic nitrogens is 1. The third kappa shape index (κ3) is 6.12. The number of ether oxygens (including phenoxy) is 3. The van der Waals surface area contributed by atoms with E-state index in [1.54, 1.807) is 0 Å². The van der Waals surface area contributed by atoms with Crippen LogP contribution < -0.4 is 25.3 Å². The molecule has 0 aliphatic heterocycles. The van der Waals surface area contributed by atoms with Crippen molar-refractivity contribution < 1.29 is 37.0 Å². The largest absolute Gasteiger partial charge is 0.493 e. The maximum atomic E-state index is 14.2. The second kappa shape index (κ2) is 10.5. The Morgan fingerprint density at radius 1 is 1.11 bits per heavy atom. The molecule has 3 N–H and O–H groups in total. The van der Waals surface area contributed by atoms with E-state index in [-0.39, 0.29) is 39.9 Å². The van der Waals surface area contributed by atoms with Gasteiger partial charge in [0.15, 0.2) is 11.5 Å². The van der Waals surface area contributed by atoms with Gasteiger partial charge in [-0.2, -0.15) is 8.78 Å². The van der Waals surface area contributed by atoms with Gasteiger partial charge in [-0.15, -0.1) is 0 Å². The molecule has 0 unspecified atom stereocenters. The number of nitrogens with zero attached hydrogens (tertiary/aromatic N) is 1. The average molecular weight is 510 g/mol. The summed E-state index contributed by atoms with van der Waals surface area (Å²) in [7, 11) is 1.28. The first kappa shape index (κ1) is 25.6. The van der Waals surface area contributed by atoms with Crippen LogP contribution in [0.25, 0.3) is 0 Å². The van der Waals surface area contributed by atoms with Crippen molar-refractivity contribution in [3.05, 3.63) is 70.8 Å². The number of carbonyl (C=O) groups excluding carboxylic acids is 2. The number of anilines is 1. The van der Waals surface area contributed by atoms with Gasteiger partial charge in [0.25, 0.3) is 11.8 Å². The number of benzene rings is 2. The van der Waals surface area contributed by atoms with Crippen molar-refractivity contribution in [2.24, 2.45) is 5.73 Å². The molecule has 2 aromatic carbocycles. The zero-order valence-corrected chi connectivity index (χ0v) is 19.2. The smallest absolute Gasteiger partial charge is 0.397 e. The van der Waals surface area contributed by atoms with Gasteiger partial charge in [-0.3, -0.25) is 9.59 Å². The number of pyridine rings is 1. The number of halogens is 4. The third-order valence-corrected chi connectivity index (χ3v) is 4.96. The molecule has 0 spiro atoms. The fourth-order valence-corrected chi connectivity index (χ4v) is 3.04. The van der Waals surface area contributed by atoms with Gasteiger partial charge in [0.2, 0.25) is 0 Å². The van der Waals surface area contributed by atoms with Crippen molar-refractivity contribution in [3.63, 3.8) is 0 Å². The van der Waals surface area contributed by atoms with Gasteiger partial charge in [-0.25, -0.2) is 9.37 Å². The lowest BCUT2D eigenvalue weighted by molar-refractivity contribution is -0.177. The fourth-order valence-electron chi connectivity index (χ4n) is 2.80. The summed E-state index contributed by atoms with van der Waals surface area (Å²) >= 11 is 6.05.